The Morgan fingerprint density at radius 2 is 2.00 bits per heavy atom. The Morgan fingerprint density at radius 3 is 2.68 bits per heavy atom. The topological polar surface area (TPSA) is 59.0 Å². The van der Waals surface area contributed by atoms with Gasteiger partial charge in [0.2, 0.25) is 5.79 Å². The first-order valence-electron chi connectivity index (χ1n) is 7.82. The zero-order valence-electron chi connectivity index (χ0n) is 13.2. The molecule has 0 radical (unpaired) electrons. The summed E-state index contributed by atoms with van der Waals surface area (Å²) < 4.78 is 11.2. The van der Waals surface area contributed by atoms with Crippen LogP contribution in [-0.2, 0) is 21.5 Å². The number of hydrogen-bond acceptors (Lipinski definition) is 4. The molecule has 0 aromatic heterocycles. The summed E-state index contributed by atoms with van der Waals surface area (Å²) in [6, 6.07) is 8.41. The largest absolute Gasteiger partial charge is 0.418 e. The standard InChI is InChI=1S/C17H23NO4/c1-16(2,20)22-15(19)18-10-8-17(9-11-18)14-6-4-3-5-13(14)7-12-21-17/h3-6,20H,7-12H2,1-2H3. The number of carbonyl (C=O) groups is 1. The number of hydrogen-bond donors (Lipinski definition) is 1. The second-order valence-corrected chi connectivity index (χ2v) is 6.55. The zero-order chi connectivity index (χ0) is 15.8. The molecule has 2 heterocycles. The molecule has 5 heteroatoms. The Labute approximate surface area is 130 Å². The van der Waals surface area contributed by atoms with E-state index in [2.05, 4.69) is 18.2 Å². The molecule has 1 spiro atoms. The summed E-state index contributed by atoms with van der Waals surface area (Å²) in [6.45, 7) is 4.78. The fraction of sp³-hybridized carbons (Fsp3) is 0.588. The van der Waals surface area contributed by atoms with Crippen LogP contribution in [0.15, 0.2) is 24.3 Å². The molecule has 0 unspecified atom stereocenters. The predicted octanol–water partition coefficient (Wildman–Crippen LogP) is 2.42. The molecule has 1 aromatic carbocycles. The Kier molecular flexibility index (Phi) is 3.87. The number of piperidine rings is 1. The minimum absolute atomic E-state index is 0.277. The van der Waals surface area contributed by atoms with Crippen LogP contribution in [0.4, 0.5) is 4.79 Å². The molecule has 22 heavy (non-hydrogen) atoms. The van der Waals surface area contributed by atoms with Crippen molar-refractivity contribution in [1.29, 1.82) is 0 Å². The van der Waals surface area contributed by atoms with E-state index < -0.39 is 11.9 Å². The average Bonchev–Trinajstić information content (AvgIpc) is 2.47. The summed E-state index contributed by atoms with van der Waals surface area (Å²) in [6.07, 6.45) is 1.99. The maximum atomic E-state index is 12.0. The Hall–Kier alpha value is -1.59. The van der Waals surface area contributed by atoms with Crippen LogP contribution in [0.25, 0.3) is 0 Å². The van der Waals surface area contributed by atoms with E-state index >= 15 is 0 Å². The fourth-order valence-electron chi connectivity index (χ4n) is 3.36. The van der Waals surface area contributed by atoms with Crippen LogP contribution in [0.2, 0.25) is 0 Å². The van der Waals surface area contributed by atoms with E-state index in [0.29, 0.717) is 13.1 Å². The van der Waals surface area contributed by atoms with Crippen molar-refractivity contribution >= 4 is 6.09 Å². The van der Waals surface area contributed by atoms with Gasteiger partial charge in [-0.05, 0) is 30.4 Å². The van der Waals surface area contributed by atoms with Gasteiger partial charge in [0.15, 0.2) is 0 Å². The van der Waals surface area contributed by atoms with Gasteiger partial charge in [0.05, 0.1) is 12.2 Å². The van der Waals surface area contributed by atoms with Gasteiger partial charge in [-0.3, -0.25) is 0 Å². The van der Waals surface area contributed by atoms with Gasteiger partial charge in [-0.15, -0.1) is 0 Å². The predicted molar refractivity (Wildman–Crippen MR) is 81.4 cm³/mol. The third-order valence-corrected chi connectivity index (χ3v) is 4.42. The number of amides is 1. The number of nitrogens with zero attached hydrogens (tertiary/aromatic N) is 1. The SMILES string of the molecule is CC(C)(O)OC(=O)N1CCC2(CC1)OCCc1ccccc12. The van der Waals surface area contributed by atoms with Crippen molar-refractivity contribution in [2.24, 2.45) is 0 Å². The van der Waals surface area contributed by atoms with Crippen molar-refractivity contribution in [2.75, 3.05) is 19.7 Å². The Bertz CT molecular complexity index is 556. The summed E-state index contributed by atoms with van der Waals surface area (Å²) in [5.74, 6) is -1.44. The highest BCUT2D eigenvalue weighted by molar-refractivity contribution is 5.68. The highest BCUT2D eigenvalue weighted by atomic mass is 16.7. The molecule has 3 rings (SSSR count). The van der Waals surface area contributed by atoms with E-state index in [9.17, 15) is 9.90 Å². The van der Waals surface area contributed by atoms with Crippen LogP contribution in [-0.4, -0.2) is 41.6 Å². The molecule has 0 bridgehead atoms. The summed E-state index contributed by atoms with van der Waals surface area (Å²) >= 11 is 0. The van der Waals surface area contributed by atoms with Crippen molar-refractivity contribution in [3.63, 3.8) is 0 Å². The molecule has 1 fully saturated rings. The third kappa shape index (κ3) is 2.96. The normalized spacial score (nSPS) is 20.6. The lowest BCUT2D eigenvalue weighted by Gasteiger charge is -2.44. The number of likely N-dealkylation sites (tertiary alicyclic amines) is 1. The van der Waals surface area contributed by atoms with E-state index in [-0.39, 0.29) is 5.60 Å². The molecule has 2 aliphatic heterocycles. The number of carbonyl (C=O) groups excluding carboxylic acids is 1. The summed E-state index contributed by atoms with van der Waals surface area (Å²) in [4.78, 5) is 13.7. The third-order valence-electron chi connectivity index (χ3n) is 4.42. The highest BCUT2D eigenvalue weighted by Gasteiger charge is 2.42. The molecular weight excluding hydrogens is 282 g/mol. The van der Waals surface area contributed by atoms with Crippen LogP contribution >= 0.6 is 0 Å². The molecule has 2 aliphatic rings. The van der Waals surface area contributed by atoms with Gasteiger partial charge in [0, 0.05) is 26.9 Å². The van der Waals surface area contributed by atoms with E-state index in [1.54, 1.807) is 4.90 Å². The average molecular weight is 305 g/mol. The first-order chi connectivity index (χ1) is 10.4. The Morgan fingerprint density at radius 1 is 1.32 bits per heavy atom. The van der Waals surface area contributed by atoms with Crippen LogP contribution in [0.3, 0.4) is 0 Å². The highest BCUT2D eigenvalue weighted by Crippen LogP contribution is 2.41. The van der Waals surface area contributed by atoms with Crippen molar-refractivity contribution in [3.05, 3.63) is 35.4 Å². The minimum atomic E-state index is -1.44. The quantitative estimate of drug-likeness (QED) is 0.810. The van der Waals surface area contributed by atoms with Crippen LogP contribution in [0.5, 0.6) is 0 Å². The van der Waals surface area contributed by atoms with Crippen LogP contribution in [0.1, 0.15) is 37.8 Å². The number of fused-ring (bicyclic) bond motifs is 2. The first-order valence-corrected chi connectivity index (χ1v) is 7.82. The van der Waals surface area contributed by atoms with E-state index in [4.69, 9.17) is 9.47 Å². The number of rotatable bonds is 1. The van der Waals surface area contributed by atoms with Crippen LogP contribution < -0.4 is 0 Å². The molecule has 5 nitrogen and oxygen atoms in total. The Balaban J connectivity index is 1.71. The van der Waals surface area contributed by atoms with Gasteiger partial charge >= 0.3 is 6.09 Å². The van der Waals surface area contributed by atoms with E-state index in [1.165, 1.54) is 25.0 Å². The number of ether oxygens (including phenoxy) is 2. The second-order valence-electron chi connectivity index (χ2n) is 6.55. The lowest BCUT2D eigenvalue weighted by Crippen LogP contribution is -2.49. The van der Waals surface area contributed by atoms with Gasteiger partial charge in [0.25, 0.3) is 0 Å². The van der Waals surface area contributed by atoms with Gasteiger partial charge < -0.3 is 19.5 Å². The molecule has 1 amide bonds. The van der Waals surface area contributed by atoms with Gasteiger partial charge in [-0.25, -0.2) is 4.79 Å². The molecular formula is C17H23NO4. The van der Waals surface area contributed by atoms with Crippen molar-refractivity contribution < 1.29 is 19.4 Å². The van der Waals surface area contributed by atoms with Crippen LogP contribution in [0, 0.1) is 0 Å². The zero-order valence-corrected chi connectivity index (χ0v) is 13.2. The lowest BCUT2D eigenvalue weighted by molar-refractivity contribution is -0.146. The van der Waals surface area contributed by atoms with Crippen molar-refractivity contribution in [2.45, 2.75) is 44.5 Å². The summed E-state index contributed by atoms with van der Waals surface area (Å²) in [5, 5.41) is 9.60. The minimum Gasteiger partial charge on any atom is -0.418 e. The molecule has 1 N–H and O–H groups in total. The molecule has 1 saturated heterocycles. The van der Waals surface area contributed by atoms with Gasteiger partial charge in [0.1, 0.15) is 0 Å². The molecule has 0 aliphatic carbocycles. The second kappa shape index (κ2) is 5.56. The molecule has 0 saturated carbocycles. The first kappa shape index (κ1) is 15.3. The van der Waals surface area contributed by atoms with Gasteiger partial charge in [-0.1, -0.05) is 24.3 Å². The summed E-state index contributed by atoms with van der Waals surface area (Å²) in [7, 11) is 0. The fourth-order valence-corrected chi connectivity index (χ4v) is 3.36. The van der Waals surface area contributed by atoms with Crippen molar-refractivity contribution in [3.8, 4) is 0 Å². The van der Waals surface area contributed by atoms with E-state index in [0.717, 1.165) is 25.9 Å². The lowest BCUT2D eigenvalue weighted by atomic mass is 9.79. The number of benzene rings is 1. The van der Waals surface area contributed by atoms with Gasteiger partial charge in [-0.2, -0.15) is 0 Å². The monoisotopic (exact) mass is 305 g/mol. The smallest absolute Gasteiger partial charge is 0.412 e. The van der Waals surface area contributed by atoms with E-state index in [1.807, 2.05) is 6.07 Å². The maximum Gasteiger partial charge on any atom is 0.412 e. The molecule has 0 atom stereocenters. The number of aliphatic hydroxyl groups is 1. The molecule has 120 valence electrons. The maximum absolute atomic E-state index is 12.0. The summed E-state index contributed by atoms with van der Waals surface area (Å²) in [5.41, 5.74) is 2.33. The van der Waals surface area contributed by atoms with Crippen molar-refractivity contribution in [1.82, 2.24) is 4.90 Å². The molecule has 1 aromatic rings.